The molecule has 1 saturated heterocycles. The van der Waals surface area contributed by atoms with Crippen LogP contribution < -0.4 is 11.1 Å². The van der Waals surface area contributed by atoms with Gasteiger partial charge in [-0.15, -0.1) is 5.10 Å². The summed E-state index contributed by atoms with van der Waals surface area (Å²) in [5.74, 6) is -0.0908. The average Bonchev–Trinajstić information content (AvgIpc) is 3.15. The number of hydrogen-bond donors (Lipinski definition) is 2. The fourth-order valence-corrected chi connectivity index (χ4v) is 2.53. The Kier molecular flexibility index (Phi) is 4.06. The summed E-state index contributed by atoms with van der Waals surface area (Å²) in [4.78, 5) is 12.2. The zero-order valence-corrected chi connectivity index (χ0v) is 12.5. The van der Waals surface area contributed by atoms with Crippen LogP contribution in [0.2, 0.25) is 0 Å². The molecule has 1 aliphatic heterocycles. The van der Waals surface area contributed by atoms with Gasteiger partial charge in [0, 0.05) is 13.2 Å². The van der Waals surface area contributed by atoms with Crippen molar-refractivity contribution in [2.24, 2.45) is 0 Å². The lowest BCUT2D eigenvalue weighted by Crippen LogP contribution is -2.32. The maximum Gasteiger partial charge on any atom is 0.275 e. The van der Waals surface area contributed by atoms with Crippen molar-refractivity contribution < 1.29 is 9.53 Å². The third-order valence-corrected chi connectivity index (χ3v) is 3.78. The molecule has 0 spiro atoms. The van der Waals surface area contributed by atoms with Crippen LogP contribution in [-0.2, 0) is 4.74 Å². The van der Waals surface area contributed by atoms with Gasteiger partial charge in [0.2, 0.25) is 0 Å². The number of nitrogens with zero attached hydrogens (tertiary/aromatic N) is 3. The number of nitrogens with one attached hydrogen (secondary N) is 1. The summed E-state index contributed by atoms with van der Waals surface area (Å²) >= 11 is 0. The van der Waals surface area contributed by atoms with Crippen molar-refractivity contribution in [3.05, 3.63) is 35.5 Å². The Balaban J connectivity index is 1.75. The average molecular weight is 301 g/mol. The van der Waals surface area contributed by atoms with E-state index in [0.717, 1.165) is 30.7 Å². The summed E-state index contributed by atoms with van der Waals surface area (Å²) in [5, 5.41) is 10.7. The largest absolute Gasteiger partial charge is 0.382 e. The molecule has 1 aliphatic rings. The Morgan fingerprint density at radius 2 is 2.32 bits per heavy atom. The van der Waals surface area contributed by atoms with Crippen molar-refractivity contribution in [1.29, 1.82) is 0 Å². The summed E-state index contributed by atoms with van der Waals surface area (Å²) < 4.78 is 6.95. The second-order valence-electron chi connectivity index (χ2n) is 5.37. The molecule has 1 aromatic carbocycles. The Bertz CT molecular complexity index is 676. The van der Waals surface area contributed by atoms with E-state index in [1.165, 1.54) is 4.68 Å². The van der Waals surface area contributed by atoms with Crippen molar-refractivity contribution in [3.63, 3.8) is 0 Å². The SMILES string of the molecule is Cc1ccccc1-n1nnc(C(=O)NCC2CCCO2)c1N. The molecule has 116 valence electrons. The van der Waals surface area contributed by atoms with Crippen LogP contribution in [0.25, 0.3) is 5.69 Å². The van der Waals surface area contributed by atoms with E-state index in [9.17, 15) is 4.79 Å². The van der Waals surface area contributed by atoms with Crippen LogP contribution in [0.15, 0.2) is 24.3 Å². The zero-order valence-electron chi connectivity index (χ0n) is 12.5. The van der Waals surface area contributed by atoms with Crippen LogP contribution in [0.5, 0.6) is 0 Å². The van der Waals surface area contributed by atoms with E-state index in [4.69, 9.17) is 10.5 Å². The number of nitrogens with two attached hydrogens (primary N) is 1. The third kappa shape index (κ3) is 2.80. The van der Waals surface area contributed by atoms with E-state index < -0.39 is 0 Å². The van der Waals surface area contributed by atoms with Gasteiger partial charge in [-0.25, -0.2) is 0 Å². The van der Waals surface area contributed by atoms with Gasteiger partial charge in [-0.2, -0.15) is 4.68 Å². The fraction of sp³-hybridized carbons (Fsp3) is 0.400. The van der Waals surface area contributed by atoms with Gasteiger partial charge in [-0.3, -0.25) is 4.79 Å². The molecular formula is C15H19N5O2. The first kappa shape index (κ1) is 14.5. The second-order valence-corrected chi connectivity index (χ2v) is 5.37. The van der Waals surface area contributed by atoms with Crippen molar-refractivity contribution in [1.82, 2.24) is 20.3 Å². The molecule has 1 amide bonds. The maximum atomic E-state index is 12.2. The minimum atomic E-state index is -0.326. The molecule has 1 fully saturated rings. The minimum absolute atomic E-state index is 0.0802. The number of para-hydroxylation sites is 1. The predicted molar refractivity (Wildman–Crippen MR) is 81.8 cm³/mol. The molecular weight excluding hydrogens is 282 g/mol. The van der Waals surface area contributed by atoms with E-state index in [1.54, 1.807) is 0 Å². The van der Waals surface area contributed by atoms with Gasteiger partial charge in [-0.1, -0.05) is 23.4 Å². The van der Waals surface area contributed by atoms with Crippen molar-refractivity contribution in [3.8, 4) is 5.69 Å². The molecule has 3 N–H and O–H groups in total. The molecule has 2 aromatic rings. The van der Waals surface area contributed by atoms with Crippen molar-refractivity contribution in [2.75, 3.05) is 18.9 Å². The highest BCUT2D eigenvalue weighted by atomic mass is 16.5. The first-order valence-corrected chi connectivity index (χ1v) is 7.34. The van der Waals surface area contributed by atoms with Gasteiger partial charge in [0.25, 0.3) is 5.91 Å². The normalized spacial score (nSPS) is 17.6. The number of anilines is 1. The zero-order chi connectivity index (χ0) is 15.5. The first-order valence-electron chi connectivity index (χ1n) is 7.34. The number of benzene rings is 1. The smallest absolute Gasteiger partial charge is 0.275 e. The number of carbonyl (C=O) groups is 1. The molecule has 1 unspecified atom stereocenters. The molecule has 7 heteroatoms. The summed E-state index contributed by atoms with van der Waals surface area (Å²) in [6, 6.07) is 7.66. The summed E-state index contributed by atoms with van der Waals surface area (Å²) in [5.41, 5.74) is 7.99. The number of hydrogen-bond acceptors (Lipinski definition) is 5. The second kappa shape index (κ2) is 6.15. The summed E-state index contributed by atoms with van der Waals surface area (Å²) in [6.07, 6.45) is 2.08. The van der Waals surface area contributed by atoms with Gasteiger partial charge in [-0.05, 0) is 31.4 Å². The molecule has 3 rings (SSSR count). The number of aromatic nitrogens is 3. The topological polar surface area (TPSA) is 95.1 Å². The van der Waals surface area contributed by atoms with Crippen LogP contribution in [-0.4, -0.2) is 40.2 Å². The molecule has 0 radical (unpaired) electrons. The van der Waals surface area contributed by atoms with Crippen molar-refractivity contribution >= 4 is 11.7 Å². The number of amides is 1. The highest BCUT2D eigenvalue weighted by Gasteiger charge is 2.21. The monoisotopic (exact) mass is 301 g/mol. The van der Waals surface area contributed by atoms with Crippen LogP contribution >= 0.6 is 0 Å². The fourth-order valence-electron chi connectivity index (χ4n) is 2.53. The van der Waals surface area contributed by atoms with Gasteiger partial charge in [0.1, 0.15) is 0 Å². The first-order chi connectivity index (χ1) is 10.7. The van der Waals surface area contributed by atoms with Gasteiger partial charge >= 0.3 is 0 Å². The van der Waals surface area contributed by atoms with Crippen molar-refractivity contribution in [2.45, 2.75) is 25.9 Å². The van der Waals surface area contributed by atoms with E-state index in [2.05, 4.69) is 15.6 Å². The molecule has 7 nitrogen and oxygen atoms in total. The van der Waals surface area contributed by atoms with Crippen LogP contribution in [0.4, 0.5) is 5.82 Å². The molecule has 0 aliphatic carbocycles. The number of nitrogen functional groups attached to an aromatic ring is 1. The maximum absolute atomic E-state index is 12.2. The van der Waals surface area contributed by atoms with Gasteiger partial charge in [0.15, 0.2) is 11.5 Å². The van der Waals surface area contributed by atoms with E-state index in [0.29, 0.717) is 6.54 Å². The predicted octanol–water partition coefficient (Wildman–Crippen LogP) is 1.07. The van der Waals surface area contributed by atoms with Crippen LogP contribution in [0.1, 0.15) is 28.9 Å². The summed E-state index contributed by atoms with van der Waals surface area (Å²) in [7, 11) is 0. The highest BCUT2D eigenvalue weighted by molar-refractivity contribution is 5.96. The standard InChI is InChI=1S/C15H19N5O2/c1-10-5-2-3-7-12(10)20-14(16)13(18-19-20)15(21)17-9-11-6-4-8-22-11/h2-3,5,7,11H,4,6,8-9,16H2,1H3,(H,17,21). The van der Waals surface area contributed by atoms with Crippen LogP contribution in [0.3, 0.4) is 0 Å². The van der Waals surface area contributed by atoms with Gasteiger partial charge in [0.05, 0.1) is 11.8 Å². The molecule has 1 atom stereocenters. The highest BCUT2D eigenvalue weighted by Crippen LogP contribution is 2.18. The summed E-state index contributed by atoms with van der Waals surface area (Å²) in [6.45, 7) is 3.18. The number of carbonyl (C=O) groups excluding carboxylic acids is 1. The lowest BCUT2D eigenvalue weighted by Gasteiger charge is -2.10. The van der Waals surface area contributed by atoms with E-state index in [1.807, 2.05) is 31.2 Å². The molecule has 1 aromatic heterocycles. The number of aryl methyl sites for hydroxylation is 1. The van der Waals surface area contributed by atoms with E-state index in [-0.39, 0.29) is 23.5 Å². The minimum Gasteiger partial charge on any atom is -0.382 e. The lowest BCUT2D eigenvalue weighted by molar-refractivity contribution is 0.0854. The Labute approximate surface area is 128 Å². The Morgan fingerprint density at radius 3 is 3.05 bits per heavy atom. The quantitative estimate of drug-likeness (QED) is 0.880. The van der Waals surface area contributed by atoms with Crippen LogP contribution in [0, 0.1) is 6.92 Å². The van der Waals surface area contributed by atoms with Gasteiger partial charge < -0.3 is 15.8 Å². The Hall–Kier alpha value is -2.41. The molecule has 0 saturated carbocycles. The third-order valence-electron chi connectivity index (χ3n) is 3.78. The van der Waals surface area contributed by atoms with E-state index >= 15 is 0 Å². The molecule has 2 heterocycles. The molecule has 22 heavy (non-hydrogen) atoms. The number of ether oxygens (including phenoxy) is 1. The Morgan fingerprint density at radius 1 is 1.50 bits per heavy atom. The molecule has 0 bridgehead atoms. The lowest BCUT2D eigenvalue weighted by atomic mass is 10.2. The number of rotatable bonds is 4.